The molecule has 1 aliphatic heterocycles. The van der Waals surface area contributed by atoms with Crippen LogP contribution < -0.4 is 10.6 Å². The molecule has 0 fully saturated rings. The Kier molecular flexibility index (Phi) is 4.84. The quantitative estimate of drug-likeness (QED) is 0.869. The van der Waals surface area contributed by atoms with E-state index in [1.165, 1.54) is 0 Å². The highest BCUT2D eigenvalue weighted by Gasteiger charge is 2.28. The maximum Gasteiger partial charge on any atom is 0.411 e. The predicted molar refractivity (Wildman–Crippen MR) is 71.8 cm³/mol. The van der Waals surface area contributed by atoms with E-state index in [1.54, 1.807) is 17.0 Å². The van der Waals surface area contributed by atoms with Crippen molar-refractivity contribution >= 4 is 11.6 Å². The fourth-order valence-corrected chi connectivity index (χ4v) is 2.33. The van der Waals surface area contributed by atoms with Gasteiger partial charge >= 0.3 is 6.18 Å². The summed E-state index contributed by atoms with van der Waals surface area (Å²) in [6, 6.07) is 7.19. The third kappa shape index (κ3) is 4.18. The van der Waals surface area contributed by atoms with Crippen LogP contribution in [0, 0.1) is 0 Å². The first-order valence-corrected chi connectivity index (χ1v) is 6.68. The third-order valence-corrected chi connectivity index (χ3v) is 3.32. The first kappa shape index (κ1) is 15.8. The number of para-hydroxylation sites is 1. The lowest BCUT2D eigenvalue weighted by Gasteiger charge is -2.32. The second-order valence-electron chi connectivity index (χ2n) is 4.92. The van der Waals surface area contributed by atoms with E-state index in [1.807, 2.05) is 12.1 Å². The molecule has 0 saturated carbocycles. The van der Waals surface area contributed by atoms with Crippen LogP contribution in [0.4, 0.5) is 18.9 Å². The average Bonchev–Trinajstić information content (AvgIpc) is 2.43. The standard InChI is InChI=1S/C14H17F3N2O2/c15-14(16,17)9-21-8-6-13(20)19-7-5-11(18)10-3-1-2-4-12(10)19/h1-4,11H,5-9,18H2. The molecule has 21 heavy (non-hydrogen) atoms. The van der Waals surface area contributed by atoms with Crippen LogP contribution in [0.1, 0.15) is 24.4 Å². The zero-order chi connectivity index (χ0) is 15.5. The number of nitrogens with two attached hydrogens (primary N) is 1. The molecule has 1 atom stereocenters. The van der Waals surface area contributed by atoms with Gasteiger partial charge in [-0.2, -0.15) is 13.2 Å². The van der Waals surface area contributed by atoms with Crippen LogP contribution in [-0.4, -0.2) is 31.8 Å². The molecular weight excluding hydrogens is 285 g/mol. The topological polar surface area (TPSA) is 55.6 Å². The Hall–Kier alpha value is -1.60. The number of alkyl halides is 3. The Bertz CT molecular complexity index is 505. The molecule has 0 saturated heterocycles. The number of fused-ring (bicyclic) bond motifs is 1. The molecule has 1 amide bonds. The monoisotopic (exact) mass is 302 g/mol. The van der Waals surface area contributed by atoms with Crippen molar-refractivity contribution < 1.29 is 22.7 Å². The van der Waals surface area contributed by atoms with Crippen LogP contribution in [0.3, 0.4) is 0 Å². The van der Waals surface area contributed by atoms with E-state index in [9.17, 15) is 18.0 Å². The molecule has 1 heterocycles. The number of rotatable bonds is 4. The lowest BCUT2D eigenvalue weighted by Crippen LogP contribution is -2.38. The van der Waals surface area contributed by atoms with E-state index in [0.29, 0.717) is 13.0 Å². The summed E-state index contributed by atoms with van der Waals surface area (Å²) in [7, 11) is 0. The third-order valence-electron chi connectivity index (χ3n) is 3.32. The molecule has 0 spiro atoms. The molecule has 7 heteroatoms. The van der Waals surface area contributed by atoms with Gasteiger partial charge in [-0.25, -0.2) is 0 Å². The minimum absolute atomic E-state index is 0.0837. The van der Waals surface area contributed by atoms with Gasteiger partial charge in [-0.05, 0) is 18.1 Å². The average molecular weight is 302 g/mol. The Morgan fingerprint density at radius 2 is 2.10 bits per heavy atom. The Morgan fingerprint density at radius 1 is 1.38 bits per heavy atom. The second kappa shape index (κ2) is 6.44. The predicted octanol–water partition coefficient (Wildman–Crippen LogP) is 2.39. The maximum absolute atomic E-state index is 12.1. The highest BCUT2D eigenvalue weighted by atomic mass is 19.4. The van der Waals surface area contributed by atoms with E-state index >= 15 is 0 Å². The van der Waals surface area contributed by atoms with Crippen molar-refractivity contribution in [1.82, 2.24) is 0 Å². The largest absolute Gasteiger partial charge is 0.411 e. The molecule has 116 valence electrons. The minimum atomic E-state index is -4.37. The lowest BCUT2D eigenvalue weighted by atomic mass is 9.97. The van der Waals surface area contributed by atoms with Gasteiger partial charge in [0.15, 0.2) is 0 Å². The second-order valence-corrected chi connectivity index (χ2v) is 4.92. The number of halogens is 3. The first-order chi connectivity index (χ1) is 9.88. The van der Waals surface area contributed by atoms with Crippen LogP contribution in [0.25, 0.3) is 0 Å². The molecule has 1 aliphatic rings. The Morgan fingerprint density at radius 3 is 2.81 bits per heavy atom. The molecule has 1 aromatic carbocycles. The minimum Gasteiger partial charge on any atom is -0.372 e. The first-order valence-electron chi connectivity index (χ1n) is 6.68. The van der Waals surface area contributed by atoms with Crippen molar-refractivity contribution in [3.63, 3.8) is 0 Å². The van der Waals surface area contributed by atoms with Crippen LogP contribution >= 0.6 is 0 Å². The van der Waals surface area contributed by atoms with Gasteiger partial charge in [0.05, 0.1) is 13.0 Å². The normalized spacial score (nSPS) is 18.5. The molecule has 4 nitrogen and oxygen atoms in total. The molecule has 0 aromatic heterocycles. The smallest absolute Gasteiger partial charge is 0.372 e. The summed E-state index contributed by atoms with van der Waals surface area (Å²) < 4.78 is 40.3. The van der Waals surface area contributed by atoms with Crippen molar-refractivity contribution in [2.75, 3.05) is 24.7 Å². The van der Waals surface area contributed by atoms with Gasteiger partial charge in [-0.15, -0.1) is 0 Å². The zero-order valence-electron chi connectivity index (χ0n) is 11.4. The number of nitrogens with zero attached hydrogens (tertiary/aromatic N) is 1. The number of anilines is 1. The van der Waals surface area contributed by atoms with E-state index in [2.05, 4.69) is 4.74 Å². The number of carbonyl (C=O) groups excluding carboxylic acids is 1. The maximum atomic E-state index is 12.1. The molecule has 0 radical (unpaired) electrons. The number of benzene rings is 1. The number of ether oxygens (including phenoxy) is 1. The van der Waals surface area contributed by atoms with Gasteiger partial charge in [0, 0.05) is 18.3 Å². The molecule has 2 N–H and O–H groups in total. The van der Waals surface area contributed by atoms with Crippen molar-refractivity contribution in [2.45, 2.75) is 25.1 Å². The van der Waals surface area contributed by atoms with Gasteiger partial charge in [-0.3, -0.25) is 4.79 Å². The molecule has 0 bridgehead atoms. The van der Waals surface area contributed by atoms with E-state index < -0.39 is 12.8 Å². The molecular formula is C14H17F3N2O2. The number of hydrogen-bond acceptors (Lipinski definition) is 3. The van der Waals surface area contributed by atoms with Gasteiger partial charge in [0.1, 0.15) is 6.61 Å². The van der Waals surface area contributed by atoms with Crippen molar-refractivity contribution in [2.24, 2.45) is 5.73 Å². The van der Waals surface area contributed by atoms with Crippen LogP contribution in [0.15, 0.2) is 24.3 Å². The van der Waals surface area contributed by atoms with Gasteiger partial charge in [-0.1, -0.05) is 18.2 Å². The number of carbonyl (C=O) groups is 1. The highest BCUT2D eigenvalue weighted by Crippen LogP contribution is 2.32. The summed E-state index contributed by atoms with van der Waals surface area (Å²) in [5.74, 6) is -0.253. The van der Waals surface area contributed by atoms with Crippen LogP contribution in [0.2, 0.25) is 0 Å². The summed E-state index contributed by atoms with van der Waals surface area (Å²) in [6.45, 7) is -1.11. The molecule has 2 rings (SSSR count). The Balaban J connectivity index is 1.93. The Labute approximate surface area is 120 Å². The van der Waals surface area contributed by atoms with Crippen molar-refractivity contribution in [3.8, 4) is 0 Å². The van der Waals surface area contributed by atoms with E-state index in [0.717, 1.165) is 11.3 Å². The summed E-state index contributed by atoms with van der Waals surface area (Å²) in [5, 5.41) is 0. The van der Waals surface area contributed by atoms with Crippen molar-refractivity contribution in [3.05, 3.63) is 29.8 Å². The summed E-state index contributed by atoms with van der Waals surface area (Å²) in [4.78, 5) is 13.7. The fraction of sp³-hybridized carbons (Fsp3) is 0.500. The van der Waals surface area contributed by atoms with E-state index in [4.69, 9.17) is 5.73 Å². The van der Waals surface area contributed by atoms with E-state index in [-0.39, 0.29) is 25.0 Å². The summed E-state index contributed by atoms with van der Waals surface area (Å²) in [5.41, 5.74) is 7.61. The lowest BCUT2D eigenvalue weighted by molar-refractivity contribution is -0.174. The number of amides is 1. The van der Waals surface area contributed by atoms with Crippen molar-refractivity contribution in [1.29, 1.82) is 0 Å². The molecule has 0 aliphatic carbocycles. The summed E-state index contributed by atoms with van der Waals surface area (Å²) >= 11 is 0. The summed E-state index contributed by atoms with van der Waals surface area (Å²) in [6.07, 6.45) is -3.82. The zero-order valence-corrected chi connectivity index (χ0v) is 11.4. The molecule has 1 unspecified atom stereocenters. The van der Waals surface area contributed by atoms with Gasteiger partial charge < -0.3 is 15.4 Å². The fourth-order valence-electron chi connectivity index (χ4n) is 2.33. The van der Waals surface area contributed by atoms with Crippen LogP contribution in [0.5, 0.6) is 0 Å². The van der Waals surface area contributed by atoms with Gasteiger partial charge in [0.2, 0.25) is 5.91 Å². The molecule has 1 aromatic rings. The SMILES string of the molecule is NC1CCN(C(=O)CCOCC(F)(F)F)c2ccccc21. The highest BCUT2D eigenvalue weighted by molar-refractivity contribution is 5.94. The number of hydrogen-bond donors (Lipinski definition) is 1. The van der Waals surface area contributed by atoms with Crippen LogP contribution in [-0.2, 0) is 9.53 Å². The van der Waals surface area contributed by atoms with Gasteiger partial charge in [0.25, 0.3) is 0 Å².